The van der Waals surface area contributed by atoms with Gasteiger partial charge in [-0.1, -0.05) is 6.42 Å². The SMILES string of the molecule is C[C@H]1OCCN[C@@H]1C(=O)NCC1CCCC1NS(C)(=O)=O. The molecule has 1 aliphatic carbocycles. The molecule has 2 aliphatic rings. The maximum absolute atomic E-state index is 12.2. The van der Waals surface area contributed by atoms with Gasteiger partial charge in [0.2, 0.25) is 15.9 Å². The molecular weight excluding hydrogens is 294 g/mol. The van der Waals surface area contributed by atoms with Crippen molar-refractivity contribution in [3.63, 3.8) is 0 Å². The number of amides is 1. The van der Waals surface area contributed by atoms with Crippen molar-refractivity contribution in [1.29, 1.82) is 0 Å². The van der Waals surface area contributed by atoms with Gasteiger partial charge in [0.15, 0.2) is 0 Å². The smallest absolute Gasteiger partial charge is 0.239 e. The van der Waals surface area contributed by atoms with Crippen LogP contribution in [-0.4, -0.2) is 58.5 Å². The summed E-state index contributed by atoms with van der Waals surface area (Å²) in [6, 6.07) is -0.408. The van der Waals surface area contributed by atoms with Gasteiger partial charge < -0.3 is 15.4 Å². The highest BCUT2D eigenvalue weighted by Gasteiger charge is 2.32. The Morgan fingerprint density at radius 1 is 1.38 bits per heavy atom. The van der Waals surface area contributed by atoms with E-state index >= 15 is 0 Å². The molecule has 2 fully saturated rings. The number of sulfonamides is 1. The molecule has 8 heteroatoms. The maximum atomic E-state index is 12.2. The number of hydrogen-bond acceptors (Lipinski definition) is 5. The minimum absolute atomic E-state index is 0.0757. The van der Waals surface area contributed by atoms with E-state index in [1.54, 1.807) is 0 Å². The highest BCUT2D eigenvalue weighted by atomic mass is 32.2. The van der Waals surface area contributed by atoms with Crippen molar-refractivity contribution in [3.8, 4) is 0 Å². The predicted molar refractivity (Wildman–Crippen MR) is 79.3 cm³/mol. The summed E-state index contributed by atoms with van der Waals surface area (Å²) in [6.07, 6.45) is 3.76. The highest BCUT2D eigenvalue weighted by Crippen LogP contribution is 2.25. The Bertz CT molecular complexity index is 468. The third kappa shape index (κ3) is 4.91. The van der Waals surface area contributed by atoms with Crippen molar-refractivity contribution < 1.29 is 17.9 Å². The molecule has 1 heterocycles. The van der Waals surface area contributed by atoms with E-state index in [2.05, 4.69) is 15.4 Å². The molecule has 1 aliphatic heterocycles. The van der Waals surface area contributed by atoms with Gasteiger partial charge in [-0.2, -0.15) is 0 Å². The molecule has 0 aromatic rings. The molecule has 1 saturated carbocycles. The molecule has 2 rings (SSSR count). The molecular formula is C13H25N3O4S. The molecule has 122 valence electrons. The van der Waals surface area contributed by atoms with Crippen molar-refractivity contribution in [2.45, 2.75) is 44.4 Å². The predicted octanol–water partition coefficient (Wildman–Crippen LogP) is -0.803. The van der Waals surface area contributed by atoms with Crippen molar-refractivity contribution in [1.82, 2.24) is 15.4 Å². The van der Waals surface area contributed by atoms with Crippen LogP contribution < -0.4 is 15.4 Å². The molecule has 4 atom stereocenters. The molecule has 21 heavy (non-hydrogen) atoms. The summed E-state index contributed by atoms with van der Waals surface area (Å²) in [6.45, 7) is 3.66. The number of carbonyl (C=O) groups is 1. The van der Waals surface area contributed by atoms with Gasteiger partial charge in [0.05, 0.1) is 19.0 Å². The number of ether oxygens (including phenoxy) is 1. The molecule has 7 nitrogen and oxygen atoms in total. The van der Waals surface area contributed by atoms with Crippen LogP contribution >= 0.6 is 0 Å². The van der Waals surface area contributed by atoms with Crippen LogP contribution in [0.5, 0.6) is 0 Å². The monoisotopic (exact) mass is 319 g/mol. The Morgan fingerprint density at radius 3 is 2.81 bits per heavy atom. The van der Waals surface area contributed by atoms with Crippen molar-refractivity contribution >= 4 is 15.9 Å². The van der Waals surface area contributed by atoms with E-state index in [9.17, 15) is 13.2 Å². The van der Waals surface area contributed by atoms with Gasteiger partial charge in [-0.3, -0.25) is 4.79 Å². The molecule has 0 radical (unpaired) electrons. The molecule has 2 unspecified atom stereocenters. The Morgan fingerprint density at radius 2 is 2.14 bits per heavy atom. The van der Waals surface area contributed by atoms with E-state index in [1.165, 1.54) is 6.26 Å². The van der Waals surface area contributed by atoms with Gasteiger partial charge in [-0.25, -0.2) is 13.1 Å². The van der Waals surface area contributed by atoms with E-state index in [-0.39, 0.29) is 30.0 Å². The third-order valence-electron chi connectivity index (χ3n) is 4.16. The molecule has 1 saturated heterocycles. The van der Waals surface area contributed by atoms with Crippen LogP contribution in [0.4, 0.5) is 0 Å². The summed E-state index contributed by atoms with van der Waals surface area (Å²) in [5, 5.41) is 6.07. The average molecular weight is 319 g/mol. The average Bonchev–Trinajstić information content (AvgIpc) is 2.81. The fraction of sp³-hybridized carbons (Fsp3) is 0.923. The van der Waals surface area contributed by atoms with E-state index in [4.69, 9.17) is 4.74 Å². The van der Waals surface area contributed by atoms with Crippen LogP contribution in [0, 0.1) is 5.92 Å². The second kappa shape index (κ2) is 7.04. The van der Waals surface area contributed by atoms with Crippen molar-refractivity contribution in [2.24, 2.45) is 5.92 Å². The summed E-state index contributed by atoms with van der Waals surface area (Å²) in [5.74, 6) is 0.0793. The van der Waals surface area contributed by atoms with Gasteiger partial charge in [-0.15, -0.1) is 0 Å². The molecule has 1 amide bonds. The van der Waals surface area contributed by atoms with Crippen LogP contribution in [0.25, 0.3) is 0 Å². The zero-order valence-electron chi connectivity index (χ0n) is 12.6. The number of hydrogen-bond donors (Lipinski definition) is 3. The Kier molecular flexibility index (Phi) is 5.59. The number of carbonyl (C=O) groups excluding carboxylic acids is 1. The first-order valence-electron chi connectivity index (χ1n) is 7.47. The molecule has 0 aromatic heterocycles. The summed E-state index contributed by atoms with van der Waals surface area (Å²) in [7, 11) is -3.20. The fourth-order valence-electron chi connectivity index (χ4n) is 3.08. The van der Waals surface area contributed by atoms with Gasteiger partial charge in [0.1, 0.15) is 6.04 Å². The highest BCUT2D eigenvalue weighted by molar-refractivity contribution is 7.88. The van der Waals surface area contributed by atoms with Gasteiger partial charge in [0.25, 0.3) is 0 Å². The van der Waals surface area contributed by atoms with Crippen molar-refractivity contribution in [3.05, 3.63) is 0 Å². The zero-order valence-corrected chi connectivity index (χ0v) is 13.4. The van der Waals surface area contributed by atoms with Crippen LogP contribution in [0.15, 0.2) is 0 Å². The topological polar surface area (TPSA) is 96.5 Å². The van der Waals surface area contributed by atoms with Crippen LogP contribution in [0.2, 0.25) is 0 Å². The van der Waals surface area contributed by atoms with Gasteiger partial charge >= 0.3 is 0 Å². The Labute approximate surface area is 126 Å². The number of rotatable bonds is 5. The van der Waals surface area contributed by atoms with Crippen molar-refractivity contribution in [2.75, 3.05) is 26.0 Å². The standard InChI is InChI=1S/C13H25N3O4S/c1-9-12(14-6-7-20-9)13(17)15-8-10-4-3-5-11(10)16-21(2,18)19/h9-12,14,16H,3-8H2,1-2H3,(H,15,17)/t9-,10?,11?,12+/m1/s1. The second-order valence-corrected chi connectivity index (χ2v) is 7.72. The van der Waals surface area contributed by atoms with E-state index in [1.807, 2.05) is 6.92 Å². The van der Waals surface area contributed by atoms with E-state index < -0.39 is 10.0 Å². The maximum Gasteiger partial charge on any atom is 0.239 e. The van der Waals surface area contributed by atoms with Crippen LogP contribution in [-0.2, 0) is 19.6 Å². The number of nitrogens with one attached hydrogen (secondary N) is 3. The molecule has 0 spiro atoms. The second-order valence-electron chi connectivity index (χ2n) is 5.94. The first-order valence-corrected chi connectivity index (χ1v) is 9.36. The largest absolute Gasteiger partial charge is 0.375 e. The lowest BCUT2D eigenvalue weighted by Crippen LogP contribution is -2.56. The Balaban J connectivity index is 1.82. The summed E-state index contributed by atoms with van der Waals surface area (Å²) in [4.78, 5) is 12.2. The first-order chi connectivity index (χ1) is 9.87. The summed E-state index contributed by atoms with van der Waals surface area (Å²) in [5.41, 5.74) is 0. The van der Waals surface area contributed by atoms with Gasteiger partial charge in [0, 0.05) is 19.1 Å². The Hall–Kier alpha value is -0.700. The van der Waals surface area contributed by atoms with Gasteiger partial charge in [-0.05, 0) is 25.7 Å². The molecule has 0 bridgehead atoms. The normalized spacial score (nSPS) is 33.8. The minimum atomic E-state index is -3.20. The van der Waals surface area contributed by atoms with Crippen LogP contribution in [0.3, 0.4) is 0 Å². The van der Waals surface area contributed by atoms with E-state index in [0.717, 1.165) is 19.3 Å². The zero-order chi connectivity index (χ0) is 15.5. The lowest BCUT2D eigenvalue weighted by Gasteiger charge is -2.30. The lowest BCUT2D eigenvalue weighted by molar-refractivity contribution is -0.129. The van der Waals surface area contributed by atoms with Crippen LogP contribution in [0.1, 0.15) is 26.2 Å². The minimum Gasteiger partial charge on any atom is -0.375 e. The fourth-order valence-corrected chi connectivity index (χ4v) is 3.94. The number of morpholine rings is 1. The lowest BCUT2D eigenvalue weighted by atomic mass is 10.0. The first kappa shape index (κ1) is 16.7. The quantitative estimate of drug-likeness (QED) is 0.616. The van der Waals surface area contributed by atoms with E-state index in [0.29, 0.717) is 19.7 Å². The third-order valence-corrected chi connectivity index (χ3v) is 4.89. The molecule has 3 N–H and O–H groups in total. The summed E-state index contributed by atoms with van der Waals surface area (Å²) < 4.78 is 30.8. The molecule has 0 aromatic carbocycles. The summed E-state index contributed by atoms with van der Waals surface area (Å²) >= 11 is 0.